The molecule has 1 aromatic heterocycles. The molecular formula is C27H29N3O5. The number of hydrogen-bond acceptors (Lipinski definition) is 7. The summed E-state index contributed by atoms with van der Waals surface area (Å²) in [6.45, 7) is 2.29. The summed E-state index contributed by atoms with van der Waals surface area (Å²) in [6.07, 6.45) is 0.154. The largest absolute Gasteiger partial charge is 0.496 e. The van der Waals surface area contributed by atoms with Crippen molar-refractivity contribution in [3.63, 3.8) is 0 Å². The van der Waals surface area contributed by atoms with Crippen LogP contribution in [0.25, 0.3) is 21.8 Å². The molecule has 0 saturated heterocycles. The van der Waals surface area contributed by atoms with Gasteiger partial charge in [0.25, 0.3) is 0 Å². The summed E-state index contributed by atoms with van der Waals surface area (Å²) in [4.78, 5) is 16.2. The number of pyridine rings is 1. The van der Waals surface area contributed by atoms with Crippen LogP contribution in [-0.4, -0.2) is 46.1 Å². The number of amides is 1. The van der Waals surface area contributed by atoms with Gasteiger partial charge in [-0.25, -0.2) is 9.78 Å². The van der Waals surface area contributed by atoms with Crippen molar-refractivity contribution >= 4 is 39.3 Å². The minimum absolute atomic E-state index is 0.289. The van der Waals surface area contributed by atoms with Crippen LogP contribution in [0.3, 0.4) is 0 Å². The van der Waals surface area contributed by atoms with Crippen molar-refractivity contribution in [1.82, 2.24) is 10.3 Å². The van der Waals surface area contributed by atoms with Crippen molar-refractivity contribution in [3.8, 4) is 17.2 Å². The zero-order chi connectivity index (χ0) is 24.9. The van der Waals surface area contributed by atoms with Gasteiger partial charge in [-0.05, 0) is 48.4 Å². The Labute approximate surface area is 204 Å². The fraction of sp³-hybridized carbons (Fsp3) is 0.259. The third kappa shape index (κ3) is 5.01. The van der Waals surface area contributed by atoms with Gasteiger partial charge in [-0.15, -0.1) is 0 Å². The number of hydrogen-bond donors (Lipinski definition) is 2. The number of nitrogens with one attached hydrogen (secondary N) is 2. The lowest BCUT2D eigenvalue weighted by molar-refractivity contribution is 0.150. The fourth-order valence-electron chi connectivity index (χ4n) is 4.04. The Morgan fingerprint density at radius 3 is 2.23 bits per heavy atom. The smallest absolute Gasteiger partial charge is 0.406 e. The number of methoxy groups -OCH3 is 3. The molecule has 0 atom stereocenters. The maximum absolute atomic E-state index is 11.4. The van der Waals surface area contributed by atoms with Crippen LogP contribution >= 0.6 is 0 Å². The van der Waals surface area contributed by atoms with Crippen molar-refractivity contribution in [1.29, 1.82) is 0 Å². The van der Waals surface area contributed by atoms with Gasteiger partial charge >= 0.3 is 6.09 Å². The molecule has 0 unspecified atom stereocenters. The molecule has 35 heavy (non-hydrogen) atoms. The Hall–Kier alpha value is -4.20. The van der Waals surface area contributed by atoms with E-state index >= 15 is 0 Å². The highest BCUT2D eigenvalue weighted by Gasteiger charge is 2.16. The number of rotatable bonds is 8. The van der Waals surface area contributed by atoms with E-state index in [1.165, 1.54) is 7.05 Å². The Morgan fingerprint density at radius 2 is 1.54 bits per heavy atom. The van der Waals surface area contributed by atoms with Crippen LogP contribution in [0, 0.1) is 6.92 Å². The molecule has 8 nitrogen and oxygen atoms in total. The van der Waals surface area contributed by atoms with Gasteiger partial charge in [0.1, 0.15) is 5.75 Å². The van der Waals surface area contributed by atoms with Crippen LogP contribution in [0.2, 0.25) is 0 Å². The Bertz CT molecular complexity index is 1390. The first-order chi connectivity index (χ1) is 17.0. The predicted molar refractivity (Wildman–Crippen MR) is 137 cm³/mol. The van der Waals surface area contributed by atoms with Crippen molar-refractivity contribution in [2.75, 3.05) is 40.3 Å². The number of benzene rings is 3. The van der Waals surface area contributed by atoms with Crippen LogP contribution in [0.4, 0.5) is 16.2 Å². The van der Waals surface area contributed by atoms with Gasteiger partial charge in [0.15, 0.2) is 11.5 Å². The van der Waals surface area contributed by atoms with Crippen LogP contribution in [0.15, 0.2) is 48.5 Å². The molecule has 0 aliphatic rings. The molecule has 8 heteroatoms. The second-order valence-corrected chi connectivity index (χ2v) is 8.01. The molecule has 4 rings (SSSR count). The zero-order valence-electron chi connectivity index (χ0n) is 20.5. The second kappa shape index (κ2) is 10.4. The number of fused-ring (bicyclic) bond motifs is 2. The third-order valence-corrected chi connectivity index (χ3v) is 5.82. The second-order valence-electron chi connectivity index (χ2n) is 8.01. The summed E-state index contributed by atoms with van der Waals surface area (Å²) in [5.41, 5.74) is 5.41. The Morgan fingerprint density at radius 1 is 0.886 bits per heavy atom. The third-order valence-electron chi connectivity index (χ3n) is 5.82. The van der Waals surface area contributed by atoms with E-state index in [9.17, 15) is 4.79 Å². The lowest BCUT2D eigenvalue weighted by Crippen LogP contribution is -2.20. The first-order valence-electron chi connectivity index (χ1n) is 11.2. The number of carbonyl (C=O) groups is 1. The molecule has 0 saturated carbocycles. The minimum atomic E-state index is -0.442. The number of anilines is 2. The van der Waals surface area contributed by atoms with Gasteiger partial charge in [-0.2, -0.15) is 0 Å². The molecule has 1 amide bonds. The predicted octanol–water partition coefficient (Wildman–Crippen LogP) is 5.36. The number of nitrogens with zero attached hydrogens (tertiary/aromatic N) is 1. The van der Waals surface area contributed by atoms with Gasteiger partial charge in [-0.3, -0.25) is 0 Å². The van der Waals surface area contributed by atoms with Gasteiger partial charge in [-0.1, -0.05) is 12.1 Å². The van der Waals surface area contributed by atoms with Crippen molar-refractivity contribution in [2.45, 2.75) is 13.3 Å². The van der Waals surface area contributed by atoms with E-state index in [1.54, 1.807) is 21.3 Å². The standard InChI is InChI=1S/C27H29N3O5/c1-16-11-21-19(13-23(16)32-3)26(20-14-24(33-4)25(34-5)15-22(20)30-21)29-18-8-6-7-17(12-18)9-10-35-27(31)28-2/h6-8,11-15H,9-10H2,1-5H3,(H,28,31)(H,29,30). The van der Waals surface area contributed by atoms with Gasteiger partial charge in [0.2, 0.25) is 0 Å². The summed E-state index contributed by atoms with van der Waals surface area (Å²) >= 11 is 0. The van der Waals surface area contributed by atoms with Crippen molar-refractivity contribution < 1.29 is 23.7 Å². The van der Waals surface area contributed by atoms with E-state index in [0.29, 0.717) is 17.9 Å². The van der Waals surface area contributed by atoms with E-state index in [2.05, 4.69) is 10.6 Å². The van der Waals surface area contributed by atoms with Crippen molar-refractivity contribution in [3.05, 3.63) is 59.7 Å². The van der Waals surface area contributed by atoms with Crippen LogP contribution in [-0.2, 0) is 11.2 Å². The SMILES string of the molecule is CNC(=O)OCCc1cccc(Nc2c3cc(OC)c(C)cc3nc3cc(OC)c(OC)cc23)c1. The zero-order valence-corrected chi connectivity index (χ0v) is 20.5. The quantitative estimate of drug-likeness (QED) is 0.331. The molecule has 1 heterocycles. The average Bonchev–Trinajstić information content (AvgIpc) is 2.87. The average molecular weight is 476 g/mol. The topological polar surface area (TPSA) is 90.9 Å². The van der Waals surface area contributed by atoms with Crippen LogP contribution < -0.4 is 24.8 Å². The first kappa shape index (κ1) is 23.9. The molecule has 0 aliphatic heterocycles. The fourth-order valence-corrected chi connectivity index (χ4v) is 4.04. The van der Waals surface area contributed by atoms with E-state index in [1.807, 2.05) is 55.5 Å². The van der Waals surface area contributed by atoms with Gasteiger partial charge in [0, 0.05) is 36.0 Å². The minimum Gasteiger partial charge on any atom is -0.496 e. The monoisotopic (exact) mass is 475 g/mol. The van der Waals surface area contributed by atoms with E-state index in [0.717, 1.165) is 50.1 Å². The number of ether oxygens (including phenoxy) is 4. The number of aromatic nitrogens is 1. The lowest BCUT2D eigenvalue weighted by Gasteiger charge is -2.17. The number of carbonyl (C=O) groups excluding carboxylic acids is 1. The maximum Gasteiger partial charge on any atom is 0.406 e. The molecule has 0 radical (unpaired) electrons. The summed E-state index contributed by atoms with van der Waals surface area (Å²) in [6, 6.07) is 15.8. The Kier molecular flexibility index (Phi) is 7.10. The molecule has 182 valence electrons. The molecule has 0 fully saturated rings. The molecule has 0 spiro atoms. The molecular weight excluding hydrogens is 446 g/mol. The molecule has 0 aliphatic carbocycles. The molecule has 0 bridgehead atoms. The summed E-state index contributed by atoms with van der Waals surface area (Å²) in [5, 5.41) is 7.84. The normalized spacial score (nSPS) is 10.8. The maximum atomic E-state index is 11.4. The van der Waals surface area contributed by atoms with E-state index in [-0.39, 0.29) is 6.61 Å². The Balaban J connectivity index is 1.82. The first-order valence-corrected chi connectivity index (χ1v) is 11.2. The van der Waals surface area contributed by atoms with E-state index in [4.69, 9.17) is 23.9 Å². The molecule has 2 N–H and O–H groups in total. The summed E-state index contributed by atoms with van der Waals surface area (Å²) in [7, 11) is 6.42. The molecule has 4 aromatic rings. The number of alkyl carbamates (subject to hydrolysis) is 1. The summed E-state index contributed by atoms with van der Waals surface area (Å²) < 4.78 is 21.8. The van der Waals surface area contributed by atoms with Crippen LogP contribution in [0.5, 0.6) is 17.2 Å². The summed E-state index contributed by atoms with van der Waals surface area (Å²) in [5.74, 6) is 2.01. The lowest BCUT2D eigenvalue weighted by atomic mass is 10.0. The van der Waals surface area contributed by atoms with Crippen LogP contribution in [0.1, 0.15) is 11.1 Å². The van der Waals surface area contributed by atoms with E-state index < -0.39 is 6.09 Å². The van der Waals surface area contributed by atoms with Crippen molar-refractivity contribution in [2.24, 2.45) is 0 Å². The highest BCUT2D eigenvalue weighted by molar-refractivity contribution is 6.10. The van der Waals surface area contributed by atoms with Gasteiger partial charge < -0.3 is 29.6 Å². The highest BCUT2D eigenvalue weighted by Crippen LogP contribution is 2.40. The highest BCUT2D eigenvalue weighted by atomic mass is 16.5. The molecule has 3 aromatic carbocycles. The van der Waals surface area contributed by atoms with Gasteiger partial charge in [0.05, 0.1) is 44.7 Å². The number of aryl methyl sites for hydroxylation is 1.